The minimum atomic E-state index is 0.289. The summed E-state index contributed by atoms with van der Waals surface area (Å²) in [7, 11) is 0. The Morgan fingerprint density at radius 1 is 1.57 bits per heavy atom. The third-order valence-electron chi connectivity index (χ3n) is 3.02. The van der Waals surface area contributed by atoms with E-state index in [9.17, 15) is 5.11 Å². The quantitative estimate of drug-likeness (QED) is 0.780. The van der Waals surface area contributed by atoms with Gasteiger partial charge in [-0.3, -0.25) is 0 Å². The Balaban J connectivity index is 2.17. The molecule has 0 bridgehead atoms. The molecule has 0 radical (unpaired) electrons. The van der Waals surface area contributed by atoms with Crippen LogP contribution in [0.15, 0.2) is 18.2 Å². The number of hydrogen-bond donors (Lipinski definition) is 1. The highest BCUT2D eigenvalue weighted by Crippen LogP contribution is 2.34. The molecule has 1 aliphatic rings. The zero-order valence-corrected chi connectivity index (χ0v) is 8.66. The zero-order chi connectivity index (χ0) is 10.1. The molecular weight excluding hydrogens is 176 g/mol. The molecule has 1 N–H and O–H groups in total. The summed E-state index contributed by atoms with van der Waals surface area (Å²) in [5, 5.41) is 9.32. The molecule has 76 valence electrons. The van der Waals surface area contributed by atoms with Crippen molar-refractivity contribution in [2.75, 3.05) is 0 Å². The van der Waals surface area contributed by atoms with Crippen LogP contribution in [0.5, 0.6) is 11.5 Å². The van der Waals surface area contributed by atoms with Gasteiger partial charge in [0, 0.05) is 12.0 Å². The van der Waals surface area contributed by atoms with Crippen LogP contribution in [-0.2, 0) is 6.42 Å². The van der Waals surface area contributed by atoms with Gasteiger partial charge in [0.05, 0.1) is 0 Å². The first-order valence-corrected chi connectivity index (χ1v) is 5.19. The molecule has 0 saturated carbocycles. The Morgan fingerprint density at radius 2 is 2.36 bits per heavy atom. The van der Waals surface area contributed by atoms with Crippen molar-refractivity contribution < 1.29 is 9.84 Å². The molecular formula is C12H16O2. The van der Waals surface area contributed by atoms with E-state index in [1.165, 1.54) is 0 Å². The third-order valence-corrected chi connectivity index (χ3v) is 3.02. The van der Waals surface area contributed by atoms with Gasteiger partial charge in [0.1, 0.15) is 17.6 Å². The number of phenolic OH excluding ortho intramolecular Hbond substituents is 1. The molecule has 1 aliphatic heterocycles. The largest absolute Gasteiger partial charge is 0.508 e. The fourth-order valence-electron chi connectivity index (χ4n) is 1.84. The minimum Gasteiger partial charge on any atom is -0.508 e. The molecule has 14 heavy (non-hydrogen) atoms. The molecule has 0 fully saturated rings. The van der Waals surface area contributed by atoms with Gasteiger partial charge in [0.25, 0.3) is 0 Å². The first-order chi connectivity index (χ1) is 6.70. The number of fused-ring (bicyclic) bond motifs is 1. The molecule has 0 amide bonds. The van der Waals surface area contributed by atoms with Gasteiger partial charge in [-0.1, -0.05) is 20.3 Å². The smallest absolute Gasteiger partial charge is 0.123 e. The van der Waals surface area contributed by atoms with Gasteiger partial charge >= 0.3 is 0 Å². The second kappa shape index (κ2) is 3.52. The molecule has 2 atom stereocenters. The van der Waals surface area contributed by atoms with Crippen molar-refractivity contribution in [1.29, 1.82) is 0 Å². The Kier molecular flexibility index (Phi) is 2.36. The standard InChI is InChI=1S/C12H16O2/c1-3-8(2)12-7-9-6-10(13)4-5-11(9)14-12/h4-6,8,12-13H,3,7H2,1-2H3. The summed E-state index contributed by atoms with van der Waals surface area (Å²) < 4.78 is 5.80. The minimum absolute atomic E-state index is 0.289. The number of benzene rings is 1. The number of ether oxygens (including phenoxy) is 1. The summed E-state index contributed by atoms with van der Waals surface area (Å²) in [6.45, 7) is 4.38. The molecule has 1 aromatic carbocycles. The highest BCUT2D eigenvalue weighted by atomic mass is 16.5. The second-order valence-corrected chi connectivity index (χ2v) is 4.04. The van der Waals surface area contributed by atoms with Crippen LogP contribution in [0.2, 0.25) is 0 Å². The lowest BCUT2D eigenvalue weighted by Gasteiger charge is -2.16. The fourth-order valence-corrected chi connectivity index (χ4v) is 1.84. The monoisotopic (exact) mass is 192 g/mol. The maximum absolute atomic E-state index is 9.32. The summed E-state index contributed by atoms with van der Waals surface area (Å²) in [6, 6.07) is 5.34. The van der Waals surface area contributed by atoms with E-state index in [-0.39, 0.29) is 6.10 Å². The summed E-state index contributed by atoms with van der Waals surface area (Å²) in [5.41, 5.74) is 1.13. The topological polar surface area (TPSA) is 29.5 Å². The summed E-state index contributed by atoms with van der Waals surface area (Å²) in [4.78, 5) is 0. The number of rotatable bonds is 2. The van der Waals surface area contributed by atoms with E-state index in [1.54, 1.807) is 12.1 Å². The highest BCUT2D eigenvalue weighted by Gasteiger charge is 2.26. The van der Waals surface area contributed by atoms with E-state index >= 15 is 0 Å². The molecule has 1 aromatic rings. The second-order valence-electron chi connectivity index (χ2n) is 4.04. The fraction of sp³-hybridized carbons (Fsp3) is 0.500. The van der Waals surface area contributed by atoms with Crippen LogP contribution < -0.4 is 4.74 Å². The SMILES string of the molecule is CCC(C)C1Cc2cc(O)ccc2O1. The van der Waals surface area contributed by atoms with Crippen LogP contribution >= 0.6 is 0 Å². The Bertz CT molecular complexity index is 333. The molecule has 2 rings (SSSR count). The van der Waals surface area contributed by atoms with Crippen LogP contribution in [0.1, 0.15) is 25.8 Å². The van der Waals surface area contributed by atoms with Crippen molar-refractivity contribution in [2.24, 2.45) is 5.92 Å². The van der Waals surface area contributed by atoms with Crippen LogP contribution in [-0.4, -0.2) is 11.2 Å². The molecule has 2 nitrogen and oxygen atoms in total. The Morgan fingerprint density at radius 3 is 3.07 bits per heavy atom. The lowest BCUT2D eigenvalue weighted by molar-refractivity contribution is 0.166. The van der Waals surface area contributed by atoms with Gasteiger partial charge in [-0.05, 0) is 24.1 Å². The van der Waals surface area contributed by atoms with Crippen LogP contribution in [0.4, 0.5) is 0 Å². The predicted molar refractivity (Wildman–Crippen MR) is 55.7 cm³/mol. The zero-order valence-electron chi connectivity index (χ0n) is 8.66. The first-order valence-electron chi connectivity index (χ1n) is 5.19. The summed E-state index contributed by atoms with van der Waals surface area (Å²) >= 11 is 0. The molecule has 0 aromatic heterocycles. The molecule has 0 aliphatic carbocycles. The first kappa shape index (κ1) is 9.38. The number of aromatic hydroxyl groups is 1. The van der Waals surface area contributed by atoms with Crippen molar-refractivity contribution in [1.82, 2.24) is 0 Å². The Labute approximate surface area is 84.5 Å². The maximum atomic E-state index is 9.32. The van der Waals surface area contributed by atoms with Gasteiger partial charge in [0.2, 0.25) is 0 Å². The van der Waals surface area contributed by atoms with Crippen molar-refractivity contribution in [3.8, 4) is 11.5 Å². The lowest BCUT2D eigenvalue weighted by Crippen LogP contribution is -2.21. The number of phenols is 1. The molecule has 0 spiro atoms. The molecule has 2 heteroatoms. The summed E-state index contributed by atoms with van der Waals surface area (Å²) in [5.74, 6) is 1.84. The van der Waals surface area contributed by atoms with Gasteiger partial charge in [0.15, 0.2) is 0 Å². The molecule has 0 saturated heterocycles. The van der Waals surface area contributed by atoms with Crippen molar-refractivity contribution in [3.05, 3.63) is 23.8 Å². The molecule has 1 heterocycles. The van der Waals surface area contributed by atoms with Crippen molar-refractivity contribution >= 4 is 0 Å². The van der Waals surface area contributed by atoms with E-state index in [4.69, 9.17) is 4.74 Å². The summed E-state index contributed by atoms with van der Waals surface area (Å²) in [6.07, 6.45) is 2.35. The molecule has 2 unspecified atom stereocenters. The average molecular weight is 192 g/mol. The normalized spacial score (nSPS) is 21.4. The van der Waals surface area contributed by atoms with Gasteiger partial charge in [-0.25, -0.2) is 0 Å². The third kappa shape index (κ3) is 1.57. The van der Waals surface area contributed by atoms with Gasteiger partial charge < -0.3 is 9.84 Å². The van der Waals surface area contributed by atoms with Gasteiger partial charge in [-0.2, -0.15) is 0 Å². The highest BCUT2D eigenvalue weighted by molar-refractivity contribution is 5.42. The predicted octanol–water partition coefficient (Wildman–Crippen LogP) is 2.74. The van der Waals surface area contributed by atoms with E-state index in [0.29, 0.717) is 11.7 Å². The van der Waals surface area contributed by atoms with Gasteiger partial charge in [-0.15, -0.1) is 0 Å². The number of hydrogen-bond acceptors (Lipinski definition) is 2. The van der Waals surface area contributed by atoms with Crippen LogP contribution in [0, 0.1) is 5.92 Å². The van der Waals surface area contributed by atoms with E-state index < -0.39 is 0 Å². The van der Waals surface area contributed by atoms with Crippen LogP contribution in [0.3, 0.4) is 0 Å². The van der Waals surface area contributed by atoms with E-state index in [1.807, 2.05) is 6.07 Å². The maximum Gasteiger partial charge on any atom is 0.123 e. The van der Waals surface area contributed by atoms with E-state index in [2.05, 4.69) is 13.8 Å². The lowest BCUT2D eigenvalue weighted by atomic mass is 9.97. The van der Waals surface area contributed by atoms with Crippen molar-refractivity contribution in [2.45, 2.75) is 32.8 Å². The Hall–Kier alpha value is -1.18. The van der Waals surface area contributed by atoms with E-state index in [0.717, 1.165) is 24.2 Å². The average Bonchev–Trinajstić information content (AvgIpc) is 2.59. The van der Waals surface area contributed by atoms with Crippen molar-refractivity contribution in [3.63, 3.8) is 0 Å². The van der Waals surface area contributed by atoms with Crippen LogP contribution in [0.25, 0.3) is 0 Å².